The van der Waals surface area contributed by atoms with E-state index in [1.165, 1.54) is 11.1 Å². The van der Waals surface area contributed by atoms with Crippen molar-refractivity contribution in [1.82, 2.24) is 19.4 Å². The quantitative estimate of drug-likeness (QED) is 0.430. The van der Waals surface area contributed by atoms with Crippen molar-refractivity contribution in [3.05, 3.63) is 89.5 Å². The van der Waals surface area contributed by atoms with Gasteiger partial charge in [-0.2, -0.15) is 0 Å². The van der Waals surface area contributed by atoms with E-state index >= 15 is 0 Å². The van der Waals surface area contributed by atoms with Crippen LogP contribution in [0.3, 0.4) is 0 Å². The van der Waals surface area contributed by atoms with Crippen molar-refractivity contribution < 1.29 is 4.74 Å². The van der Waals surface area contributed by atoms with Gasteiger partial charge in [-0.1, -0.05) is 42.5 Å². The van der Waals surface area contributed by atoms with Crippen molar-refractivity contribution >= 4 is 22.4 Å². The van der Waals surface area contributed by atoms with Gasteiger partial charge in [0.1, 0.15) is 29.8 Å². The number of aliphatic imine (C=N–C) groups is 1. The first-order chi connectivity index (χ1) is 18.4. The maximum absolute atomic E-state index is 6.23. The number of ether oxygens (including phenoxy) is 1. The number of amidine groups is 1. The molecule has 1 aromatic heterocycles. The zero-order valence-electron chi connectivity index (χ0n) is 22.5. The van der Waals surface area contributed by atoms with E-state index in [9.17, 15) is 0 Å². The van der Waals surface area contributed by atoms with Crippen LogP contribution in [0.4, 0.5) is 0 Å². The van der Waals surface area contributed by atoms with Gasteiger partial charge < -0.3 is 24.8 Å². The number of hydrogen-bond donors (Lipinski definition) is 1. The molecule has 0 amide bonds. The summed E-state index contributed by atoms with van der Waals surface area (Å²) >= 11 is 0. The van der Waals surface area contributed by atoms with Crippen molar-refractivity contribution in [2.24, 2.45) is 17.8 Å². The maximum atomic E-state index is 6.23. The van der Waals surface area contributed by atoms with Gasteiger partial charge in [-0.3, -0.25) is 0 Å². The second kappa shape index (κ2) is 9.65. The highest BCUT2D eigenvalue weighted by Crippen LogP contribution is 2.36. The van der Waals surface area contributed by atoms with Crippen molar-refractivity contribution in [1.29, 1.82) is 0 Å². The summed E-state index contributed by atoms with van der Waals surface area (Å²) in [5.41, 5.74) is 14.1. The Morgan fingerprint density at radius 1 is 0.974 bits per heavy atom. The molecule has 0 saturated heterocycles. The number of aromatic nitrogens is 2. The number of nitrogens with two attached hydrogens (primary N) is 1. The van der Waals surface area contributed by atoms with E-state index < -0.39 is 0 Å². The van der Waals surface area contributed by atoms with E-state index in [0.717, 1.165) is 57.5 Å². The molecule has 6 rings (SSSR count). The second-order valence-electron chi connectivity index (χ2n) is 10.1. The molecule has 4 aromatic rings. The summed E-state index contributed by atoms with van der Waals surface area (Å²) in [4.78, 5) is 14.4. The molecule has 1 unspecified atom stereocenters. The molecule has 1 atom stereocenters. The molecule has 0 saturated carbocycles. The summed E-state index contributed by atoms with van der Waals surface area (Å²) in [6, 6.07) is 23.7. The molecule has 194 valence electrons. The van der Waals surface area contributed by atoms with E-state index in [0.29, 0.717) is 19.7 Å². The summed E-state index contributed by atoms with van der Waals surface area (Å²) in [6.07, 6.45) is 0. The predicted octanol–water partition coefficient (Wildman–Crippen LogP) is 4.80. The molecule has 3 aromatic carbocycles. The van der Waals surface area contributed by atoms with Crippen LogP contribution in [0.25, 0.3) is 27.7 Å². The first kappa shape index (κ1) is 24.2. The highest BCUT2D eigenvalue weighted by molar-refractivity contribution is 5.91. The molecule has 0 spiro atoms. The highest BCUT2D eigenvalue weighted by atomic mass is 16.5. The molecule has 2 aliphatic rings. The van der Waals surface area contributed by atoms with Gasteiger partial charge in [0.05, 0.1) is 30.2 Å². The molecule has 0 aliphatic carbocycles. The normalized spacial score (nSPS) is 17.8. The summed E-state index contributed by atoms with van der Waals surface area (Å²) in [5, 5.41) is 0. The minimum absolute atomic E-state index is 0.145. The molecule has 7 nitrogen and oxygen atoms in total. The fourth-order valence-electron chi connectivity index (χ4n) is 5.54. The van der Waals surface area contributed by atoms with Gasteiger partial charge in [0.15, 0.2) is 0 Å². The van der Waals surface area contributed by atoms with Gasteiger partial charge >= 0.3 is 0 Å². The van der Waals surface area contributed by atoms with Gasteiger partial charge in [-0.05, 0) is 54.8 Å². The number of likely N-dealkylation sites (N-methyl/N-ethyl adjacent to an activating group) is 1. The summed E-state index contributed by atoms with van der Waals surface area (Å²) in [5.74, 6) is 3.81. The Hall–Kier alpha value is -4.10. The van der Waals surface area contributed by atoms with Crippen molar-refractivity contribution in [3.8, 4) is 16.9 Å². The third-order valence-corrected chi connectivity index (χ3v) is 7.93. The Balaban J connectivity index is 1.41. The third kappa shape index (κ3) is 4.13. The fourth-order valence-corrected chi connectivity index (χ4v) is 5.54. The SMILES string of the molecule is Cc1nc2cc(-c3ccc4c(c3)CN(C3=C(c5ccccc5)C(C)N(C)C(CN)=N3)CCO4)ccc2n1C. The van der Waals surface area contributed by atoms with Crippen LogP contribution < -0.4 is 10.5 Å². The van der Waals surface area contributed by atoms with Crippen LogP contribution in [-0.4, -0.2) is 58.0 Å². The van der Waals surface area contributed by atoms with E-state index in [1.54, 1.807) is 0 Å². The number of imidazole rings is 1. The summed E-state index contributed by atoms with van der Waals surface area (Å²) < 4.78 is 8.35. The minimum atomic E-state index is 0.145. The third-order valence-electron chi connectivity index (χ3n) is 7.93. The largest absolute Gasteiger partial charge is 0.491 e. The number of nitrogens with zero attached hydrogens (tertiary/aromatic N) is 5. The zero-order chi connectivity index (χ0) is 26.4. The first-order valence-electron chi connectivity index (χ1n) is 13.2. The molecule has 0 radical (unpaired) electrons. The molecule has 3 heterocycles. The minimum Gasteiger partial charge on any atom is -0.491 e. The lowest BCUT2D eigenvalue weighted by molar-refractivity contribution is 0.259. The average Bonchev–Trinajstić information content (AvgIpc) is 3.09. The predicted molar refractivity (Wildman–Crippen MR) is 154 cm³/mol. The Morgan fingerprint density at radius 2 is 1.74 bits per heavy atom. The van der Waals surface area contributed by atoms with E-state index in [1.807, 2.05) is 6.92 Å². The van der Waals surface area contributed by atoms with Crippen LogP contribution in [0.15, 0.2) is 77.5 Å². The topological polar surface area (TPSA) is 71.9 Å². The molecule has 2 N–H and O–H groups in total. The van der Waals surface area contributed by atoms with Gasteiger partial charge in [-0.25, -0.2) is 9.98 Å². The van der Waals surface area contributed by atoms with Crippen molar-refractivity contribution in [2.75, 3.05) is 26.7 Å². The molecule has 7 heteroatoms. The fraction of sp³-hybridized carbons (Fsp3) is 0.290. The van der Waals surface area contributed by atoms with Gasteiger partial charge in [0, 0.05) is 31.8 Å². The monoisotopic (exact) mass is 506 g/mol. The standard InChI is InChI=1S/C31H34N6O/c1-20-30(22-8-6-5-7-9-22)31(34-29(18-32)35(20)3)37-14-15-38-28-13-11-23(16-25(28)19-37)24-10-12-27-26(17-24)33-21(2)36(27)4/h5-13,16-17,20H,14-15,18-19,32H2,1-4H3. The van der Waals surface area contributed by atoms with Crippen LogP contribution in [-0.2, 0) is 13.6 Å². The number of hydrogen-bond acceptors (Lipinski definition) is 6. The molecule has 0 bridgehead atoms. The maximum Gasteiger partial charge on any atom is 0.137 e. The Bertz CT molecular complexity index is 1570. The Kier molecular flexibility index (Phi) is 6.16. The second-order valence-corrected chi connectivity index (χ2v) is 10.1. The van der Waals surface area contributed by atoms with Crippen LogP contribution in [0, 0.1) is 6.92 Å². The van der Waals surface area contributed by atoms with E-state index in [-0.39, 0.29) is 6.04 Å². The Labute approximate surface area is 223 Å². The van der Waals surface area contributed by atoms with Crippen molar-refractivity contribution in [3.63, 3.8) is 0 Å². The van der Waals surface area contributed by atoms with E-state index in [2.05, 4.69) is 102 Å². The lowest BCUT2D eigenvalue weighted by Gasteiger charge is -2.38. The summed E-state index contributed by atoms with van der Waals surface area (Å²) in [7, 11) is 4.13. The molecule has 2 aliphatic heterocycles. The highest BCUT2D eigenvalue weighted by Gasteiger charge is 2.30. The smallest absolute Gasteiger partial charge is 0.137 e. The number of aryl methyl sites for hydroxylation is 2. The average molecular weight is 507 g/mol. The first-order valence-corrected chi connectivity index (χ1v) is 13.2. The lowest BCUT2D eigenvalue weighted by atomic mass is 9.96. The Morgan fingerprint density at radius 3 is 2.53 bits per heavy atom. The van der Waals surface area contributed by atoms with Gasteiger partial charge in [0.25, 0.3) is 0 Å². The number of rotatable bonds is 4. The van der Waals surface area contributed by atoms with Crippen LogP contribution in [0.5, 0.6) is 5.75 Å². The van der Waals surface area contributed by atoms with E-state index in [4.69, 9.17) is 20.4 Å². The number of fused-ring (bicyclic) bond motifs is 2. The zero-order valence-corrected chi connectivity index (χ0v) is 22.5. The van der Waals surface area contributed by atoms with Crippen LogP contribution in [0.1, 0.15) is 23.9 Å². The molecular formula is C31H34N6O. The molecule has 38 heavy (non-hydrogen) atoms. The van der Waals surface area contributed by atoms with Gasteiger partial charge in [-0.15, -0.1) is 0 Å². The van der Waals surface area contributed by atoms with Gasteiger partial charge in [0.2, 0.25) is 0 Å². The van der Waals surface area contributed by atoms with Crippen molar-refractivity contribution in [2.45, 2.75) is 26.4 Å². The van der Waals surface area contributed by atoms with Crippen LogP contribution in [0.2, 0.25) is 0 Å². The number of benzene rings is 3. The summed E-state index contributed by atoms with van der Waals surface area (Å²) in [6.45, 7) is 6.70. The lowest BCUT2D eigenvalue weighted by Crippen LogP contribution is -2.44. The van der Waals surface area contributed by atoms with Crippen LogP contribution >= 0.6 is 0 Å². The molecular weight excluding hydrogens is 472 g/mol. The molecule has 0 fully saturated rings.